The lowest BCUT2D eigenvalue weighted by Gasteiger charge is -2.08. The van der Waals surface area contributed by atoms with Crippen LogP contribution in [-0.4, -0.2) is 29.0 Å². The topological polar surface area (TPSA) is 66.9 Å². The molecule has 0 saturated heterocycles. The molecule has 0 bridgehead atoms. The summed E-state index contributed by atoms with van der Waals surface area (Å²) in [5.74, 6) is 0.0758. The normalized spacial score (nSPS) is 10.8. The van der Waals surface area contributed by atoms with E-state index in [0.29, 0.717) is 24.2 Å². The third-order valence-corrected chi connectivity index (χ3v) is 4.55. The third kappa shape index (κ3) is 3.51. The summed E-state index contributed by atoms with van der Waals surface area (Å²) in [7, 11) is 0. The monoisotopic (exact) mass is 344 g/mol. The highest BCUT2D eigenvalue weighted by Crippen LogP contribution is 2.27. The van der Waals surface area contributed by atoms with E-state index in [1.54, 1.807) is 30.4 Å². The maximum Gasteiger partial charge on any atom is 0.251 e. The summed E-state index contributed by atoms with van der Waals surface area (Å²) in [5, 5.41) is 6.93. The minimum absolute atomic E-state index is 0.296. The van der Waals surface area contributed by atoms with Gasteiger partial charge in [0, 0.05) is 23.5 Å². The summed E-state index contributed by atoms with van der Waals surface area (Å²) in [6.45, 7) is 4.61. The fraction of sp³-hybridized carbons (Fsp3) is 0.235. The van der Waals surface area contributed by atoms with E-state index in [2.05, 4.69) is 20.6 Å². The van der Waals surface area contributed by atoms with Gasteiger partial charge in [0.15, 0.2) is 0 Å². The highest BCUT2D eigenvalue weighted by atomic mass is 32.1. The molecule has 3 aromatic rings. The van der Waals surface area contributed by atoms with Gasteiger partial charge in [-0.15, -0.1) is 11.3 Å². The van der Waals surface area contributed by atoms with Crippen LogP contribution in [0.15, 0.2) is 30.6 Å². The molecule has 5 nitrogen and oxygen atoms in total. The number of anilines is 1. The van der Waals surface area contributed by atoms with Crippen LogP contribution in [0, 0.1) is 19.7 Å². The minimum Gasteiger partial charge on any atom is -0.368 e. The van der Waals surface area contributed by atoms with Crippen LogP contribution in [-0.2, 0) is 0 Å². The van der Waals surface area contributed by atoms with E-state index >= 15 is 0 Å². The van der Waals surface area contributed by atoms with E-state index < -0.39 is 0 Å². The molecule has 24 heavy (non-hydrogen) atoms. The lowest BCUT2D eigenvalue weighted by molar-refractivity contribution is 0.0954. The second kappa shape index (κ2) is 6.92. The van der Waals surface area contributed by atoms with Gasteiger partial charge in [-0.3, -0.25) is 4.79 Å². The maximum atomic E-state index is 13.5. The average Bonchev–Trinajstić information content (AvgIpc) is 2.94. The van der Waals surface area contributed by atoms with E-state index in [-0.39, 0.29) is 11.7 Å². The van der Waals surface area contributed by atoms with Gasteiger partial charge in [-0.1, -0.05) is 6.07 Å². The molecular weight excluding hydrogens is 327 g/mol. The van der Waals surface area contributed by atoms with E-state index in [4.69, 9.17) is 0 Å². The molecule has 0 aliphatic rings. The van der Waals surface area contributed by atoms with Crippen molar-refractivity contribution in [2.75, 3.05) is 18.4 Å². The number of hydrogen-bond acceptors (Lipinski definition) is 5. The van der Waals surface area contributed by atoms with Gasteiger partial charge >= 0.3 is 0 Å². The second-order valence-corrected chi connectivity index (χ2v) is 6.68. The maximum absolute atomic E-state index is 13.5. The first-order valence-corrected chi connectivity index (χ1v) is 8.35. The quantitative estimate of drug-likeness (QED) is 0.697. The first-order chi connectivity index (χ1) is 11.5. The van der Waals surface area contributed by atoms with E-state index in [1.165, 1.54) is 17.3 Å². The summed E-state index contributed by atoms with van der Waals surface area (Å²) in [6.07, 6.45) is 1.52. The average molecular weight is 344 g/mol. The predicted molar refractivity (Wildman–Crippen MR) is 94.1 cm³/mol. The van der Waals surface area contributed by atoms with Crippen LogP contribution in [0.3, 0.4) is 0 Å². The Kier molecular flexibility index (Phi) is 4.71. The van der Waals surface area contributed by atoms with Gasteiger partial charge in [0.1, 0.15) is 22.8 Å². The molecule has 124 valence electrons. The summed E-state index contributed by atoms with van der Waals surface area (Å²) < 4.78 is 13.5. The van der Waals surface area contributed by atoms with Crippen molar-refractivity contribution in [2.24, 2.45) is 0 Å². The Bertz CT molecular complexity index is 893. The molecule has 0 unspecified atom stereocenters. The van der Waals surface area contributed by atoms with Crippen LogP contribution < -0.4 is 10.6 Å². The lowest BCUT2D eigenvalue weighted by Crippen LogP contribution is -2.29. The molecule has 0 fully saturated rings. The summed E-state index contributed by atoms with van der Waals surface area (Å²) >= 11 is 1.61. The van der Waals surface area contributed by atoms with Crippen LogP contribution >= 0.6 is 11.3 Å². The number of thiophene rings is 1. The summed E-state index contributed by atoms with van der Waals surface area (Å²) in [6, 6.07) is 6.50. The van der Waals surface area contributed by atoms with Crippen molar-refractivity contribution in [3.8, 4) is 0 Å². The third-order valence-electron chi connectivity index (χ3n) is 3.59. The van der Waals surface area contributed by atoms with Gasteiger partial charge in [-0.2, -0.15) is 0 Å². The van der Waals surface area contributed by atoms with Crippen LogP contribution in [0.25, 0.3) is 10.2 Å². The number of nitrogens with zero attached hydrogens (tertiary/aromatic N) is 2. The smallest absolute Gasteiger partial charge is 0.251 e. The van der Waals surface area contributed by atoms with Gasteiger partial charge in [0.05, 0.1) is 5.39 Å². The molecule has 0 aliphatic carbocycles. The summed E-state index contributed by atoms with van der Waals surface area (Å²) in [4.78, 5) is 22.6. The van der Waals surface area contributed by atoms with E-state index in [1.807, 2.05) is 13.0 Å². The Labute approximate surface area is 143 Å². The first-order valence-electron chi connectivity index (χ1n) is 7.54. The van der Waals surface area contributed by atoms with Crippen molar-refractivity contribution in [1.29, 1.82) is 0 Å². The molecule has 2 heterocycles. The number of aryl methyl sites for hydroxylation is 2. The lowest BCUT2D eigenvalue weighted by atomic mass is 10.1. The number of benzene rings is 1. The Hall–Kier alpha value is -2.54. The number of fused-ring (bicyclic) bond motifs is 1. The van der Waals surface area contributed by atoms with Gasteiger partial charge in [-0.05, 0) is 37.6 Å². The Morgan fingerprint density at radius 2 is 2.04 bits per heavy atom. The van der Waals surface area contributed by atoms with Gasteiger partial charge in [-0.25, -0.2) is 14.4 Å². The highest BCUT2D eigenvalue weighted by Gasteiger charge is 2.09. The van der Waals surface area contributed by atoms with Gasteiger partial charge < -0.3 is 10.6 Å². The molecule has 0 atom stereocenters. The standard InChI is InChI=1S/C17H17FN4OS/c1-10-3-4-12(8-14(10)18)16(23)20-6-5-19-15-13-7-11(2)24-17(13)22-9-21-15/h3-4,7-9H,5-6H2,1-2H3,(H,20,23)(H,19,21,22). The van der Waals surface area contributed by atoms with Crippen LogP contribution in [0.2, 0.25) is 0 Å². The van der Waals surface area contributed by atoms with Gasteiger partial charge in [0.25, 0.3) is 5.91 Å². The molecule has 1 aromatic carbocycles. The van der Waals surface area contributed by atoms with Crippen molar-refractivity contribution in [2.45, 2.75) is 13.8 Å². The number of halogens is 1. The molecule has 2 N–H and O–H groups in total. The Morgan fingerprint density at radius 3 is 2.83 bits per heavy atom. The molecule has 0 spiro atoms. The Balaban J connectivity index is 1.56. The number of carbonyl (C=O) groups excluding carboxylic acids is 1. The van der Waals surface area contributed by atoms with Crippen molar-refractivity contribution in [3.63, 3.8) is 0 Å². The molecular formula is C17H17FN4OS. The number of rotatable bonds is 5. The molecule has 2 aromatic heterocycles. The molecule has 0 radical (unpaired) electrons. The van der Waals surface area contributed by atoms with Crippen LogP contribution in [0.1, 0.15) is 20.8 Å². The fourth-order valence-electron chi connectivity index (χ4n) is 2.31. The zero-order valence-electron chi connectivity index (χ0n) is 13.4. The number of nitrogens with one attached hydrogen (secondary N) is 2. The number of amides is 1. The number of carbonyl (C=O) groups is 1. The fourth-order valence-corrected chi connectivity index (χ4v) is 3.16. The molecule has 0 saturated carbocycles. The van der Waals surface area contributed by atoms with Crippen LogP contribution in [0.4, 0.5) is 10.2 Å². The predicted octanol–water partition coefficient (Wildman–Crippen LogP) is 3.29. The SMILES string of the molecule is Cc1cc2c(NCCNC(=O)c3ccc(C)c(F)c3)ncnc2s1. The van der Waals surface area contributed by atoms with E-state index in [0.717, 1.165) is 16.0 Å². The molecule has 7 heteroatoms. The first kappa shape index (κ1) is 16.3. The zero-order valence-corrected chi connectivity index (χ0v) is 14.2. The second-order valence-electron chi connectivity index (χ2n) is 5.44. The minimum atomic E-state index is -0.378. The van der Waals surface area contributed by atoms with E-state index in [9.17, 15) is 9.18 Å². The van der Waals surface area contributed by atoms with Crippen molar-refractivity contribution >= 4 is 33.3 Å². The molecule has 0 aliphatic heterocycles. The zero-order chi connectivity index (χ0) is 17.1. The largest absolute Gasteiger partial charge is 0.368 e. The van der Waals surface area contributed by atoms with Crippen LogP contribution in [0.5, 0.6) is 0 Å². The van der Waals surface area contributed by atoms with Gasteiger partial charge in [0.2, 0.25) is 0 Å². The van der Waals surface area contributed by atoms with Crippen molar-refractivity contribution in [1.82, 2.24) is 15.3 Å². The molecule has 3 rings (SSSR count). The number of aromatic nitrogens is 2. The van der Waals surface area contributed by atoms with Crippen molar-refractivity contribution in [3.05, 3.63) is 52.4 Å². The highest BCUT2D eigenvalue weighted by molar-refractivity contribution is 7.18. The number of hydrogen-bond donors (Lipinski definition) is 2. The summed E-state index contributed by atoms with van der Waals surface area (Å²) in [5.41, 5.74) is 0.836. The van der Waals surface area contributed by atoms with Crippen molar-refractivity contribution < 1.29 is 9.18 Å². The molecule has 1 amide bonds. The Morgan fingerprint density at radius 1 is 1.21 bits per heavy atom.